The number of rotatable bonds is 3. The molecule has 1 fully saturated rings. The van der Waals surface area contributed by atoms with E-state index < -0.39 is 0 Å². The van der Waals surface area contributed by atoms with Crippen LogP contribution in [0.1, 0.15) is 19.3 Å². The first-order valence-electron chi connectivity index (χ1n) is 4.02. The number of nitrogens with two attached hydrogens (primary N) is 2. The number of hydrogen-bond acceptors (Lipinski definition) is 3. The highest BCUT2D eigenvalue weighted by Crippen LogP contribution is 2.16. The molecule has 10 heavy (non-hydrogen) atoms. The van der Waals surface area contributed by atoms with Crippen LogP contribution in [0.15, 0.2) is 0 Å². The van der Waals surface area contributed by atoms with Crippen molar-refractivity contribution in [2.45, 2.75) is 31.3 Å². The molecule has 1 aliphatic rings. The third-order valence-corrected chi connectivity index (χ3v) is 2.05. The van der Waals surface area contributed by atoms with Crippen LogP contribution in [0.25, 0.3) is 0 Å². The fourth-order valence-electron chi connectivity index (χ4n) is 1.49. The van der Waals surface area contributed by atoms with Gasteiger partial charge in [0, 0.05) is 25.2 Å². The Morgan fingerprint density at radius 1 is 1.40 bits per heavy atom. The van der Waals surface area contributed by atoms with E-state index in [2.05, 4.69) is 5.32 Å². The fraction of sp³-hybridized carbons (Fsp3) is 1.00. The lowest BCUT2D eigenvalue weighted by molar-refractivity contribution is 0.524. The molecule has 0 aromatic rings. The van der Waals surface area contributed by atoms with Gasteiger partial charge in [-0.15, -0.1) is 0 Å². The minimum absolute atomic E-state index is 0.426. The average Bonchev–Trinajstić information content (AvgIpc) is 2.31. The molecule has 60 valence electrons. The summed E-state index contributed by atoms with van der Waals surface area (Å²) in [5, 5.41) is 3.36. The van der Waals surface area contributed by atoms with E-state index in [9.17, 15) is 0 Å². The molecule has 0 spiro atoms. The van der Waals surface area contributed by atoms with Crippen molar-refractivity contribution < 1.29 is 0 Å². The molecule has 0 bridgehead atoms. The van der Waals surface area contributed by atoms with E-state index in [1.807, 2.05) is 0 Å². The zero-order valence-corrected chi connectivity index (χ0v) is 6.34. The van der Waals surface area contributed by atoms with Gasteiger partial charge in [0.15, 0.2) is 0 Å². The Kier molecular flexibility index (Phi) is 3.12. The number of hydrogen-bond donors (Lipinski definition) is 3. The lowest BCUT2D eigenvalue weighted by Gasteiger charge is -2.09. The summed E-state index contributed by atoms with van der Waals surface area (Å²) in [5.41, 5.74) is 11.1. The molecule has 5 N–H and O–H groups in total. The third-order valence-electron chi connectivity index (χ3n) is 2.05. The lowest BCUT2D eigenvalue weighted by atomic mass is 10.2. The van der Waals surface area contributed by atoms with Crippen LogP contribution >= 0.6 is 0 Å². The van der Waals surface area contributed by atoms with Crippen molar-refractivity contribution in [1.29, 1.82) is 0 Å². The fourth-order valence-corrected chi connectivity index (χ4v) is 1.49. The topological polar surface area (TPSA) is 64.1 Å². The number of nitrogens with one attached hydrogen (secondary N) is 1. The van der Waals surface area contributed by atoms with Gasteiger partial charge in [-0.2, -0.15) is 0 Å². The second-order valence-electron chi connectivity index (χ2n) is 3.01. The molecular formula is C7H17N3. The minimum atomic E-state index is 0.426. The zero-order chi connectivity index (χ0) is 7.40. The molecule has 0 aromatic heterocycles. The predicted molar refractivity (Wildman–Crippen MR) is 42.7 cm³/mol. The van der Waals surface area contributed by atoms with E-state index in [1.165, 1.54) is 12.8 Å². The van der Waals surface area contributed by atoms with E-state index in [-0.39, 0.29) is 0 Å². The van der Waals surface area contributed by atoms with E-state index >= 15 is 0 Å². The van der Waals surface area contributed by atoms with Gasteiger partial charge in [-0.3, -0.25) is 0 Å². The normalized spacial score (nSPS) is 33.0. The van der Waals surface area contributed by atoms with Crippen LogP contribution in [0.5, 0.6) is 0 Å². The molecule has 2 atom stereocenters. The van der Waals surface area contributed by atoms with Crippen LogP contribution in [0.3, 0.4) is 0 Å². The second kappa shape index (κ2) is 3.91. The Hall–Kier alpha value is -0.120. The largest absolute Gasteiger partial charge is 0.329 e. The molecule has 0 heterocycles. The Bertz CT molecular complexity index is 94.9. The molecule has 0 aliphatic heterocycles. The Labute approximate surface area is 62.2 Å². The second-order valence-corrected chi connectivity index (χ2v) is 3.01. The van der Waals surface area contributed by atoms with E-state index in [0.717, 1.165) is 19.5 Å². The average molecular weight is 143 g/mol. The molecule has 1 aliphatic carbocycles. The van der Waals surface area contributed by atoms with Gasteiger partial charge in [0.1, 0.15) is 0 Å². The van der Waals surface area contributed by atoms with Crippen LogP contribution in [-0.4, -0.2) is 25.2 Å². The summed E-state index contributed by atoms with van der Waals surface area (Å²) >= 11 is 0. The van der Waals surface area contributed by atoms with Crippen molar-refractivity contribution in [3.63, 3.8) is 0 Å². The molecule has 3 heteroatoms. The smallest absolute Gasteiger partial charge is 0.00829 e. The molecule has 0 aromatic carbocycles. The summed E-state index contributed by atoms with van der Waals surface area (Å²) in [7, 11) is 0. The van der Waals surface area contributed by atoms with Gasteiger partial charge in [-0.05, 0) is 19.3 Å². The molecule has 2 unspecified atom stereocenters. The van der Waals surface area contributed by atoms with Crippen LogP contribution in [0, 0.1) is 0 Å². The van der Waals surface area contributed by atoms with Crippen molar-refractivity contribution in [2.75, 3.05) is 13.1 Å². The summed E-state index contributed by atoms with van der Waals surface area (Å²) in [6.07, 6.45) is 3.52. The molecule has 0 amide bonds. The molecular weight excluding hydrogens is 126 g/mol. The zero-order valence-electron chi connectivity index (χ0n) is 6.34. The molecule has 3 nitrogen and oxygen atoms in total. The maximum atomic E-state index is 5.73. The van der Waals surface area contributed by atoms with Crippen molar-refractivity contribution >= 4 is 0 Å². The molecule has 1 rings (SSSR count). The van der Waals surface area contributed by atoms with Crippen molar-refractivity contribution in [3.8, 4) is 0 Å². The van der Waals surface area contributed by atoms with Crippen molar-refractivity contribution in [2.24, 2.45) is 11.5 Å². The standard InChI is InChI=1S/C7H17N3/c8-3-4-10-7-2-1-6(9)5-7/h6-7,10H,1-5,8-9H2. The summed E-state index contributed by atoms with van der Waals surface area (Å²) in [4.78, 5) is 0. The summed E-state index contributed by atoms with van der Waals surface area (Å²) in [6.45, 7) is 1.66. The van der Waals surface area contributed by atoms with Gasteiger partial charge in [0.25, 0.3) is 0 Å². The molecule has 1 saturated carbocycles. The van der Waals surface area contributed by atoms with Gasteiger partial charge < -0.3 is 16.8 Å². The highest BCUT2D eigenvalue weighted by Gasteiger charge is 2.20. The summed E-state index contributed by atoms with van der Waals surface area (Å²) < 4.78 is 0. The van der Waals surface area contributed by atoms with Gasteiger partial charge in [0.2, 0.25) is 0 Å². The van der Waals surface area contributed by atoms with Crippen molar-refractivity contribution in [1.82, 2.24) is 5.32 Å². The van der Waals surface area contributed by atoms with Gasteiger partial charge in [-0.1, -0.05) is 0 Å². The predicted octanol–water partition coefficient (Wildman–Crippen LogP) is -0.585. The Morgan fingerprint density at radius 2 is 2.20 bits per heavy atom. The minimum Gasteiger partial charge on any atom is -0.329 e. The Morgan fingerprint density at radius 3 is 2.70 bits per heavy atom. The maximum Gasteiger partial charge on any atom is 0.00829 e. The first-order chi connectivity index (χ1) is 4.83. The summed E-state index contributed by atoms with van der Waals surface area (Å²) in [6, 6.07) is 1.06. The third kappa shape index (κ3) is 2.25. The van der Waals surface area contributed by atoms with Crippen LogP contribution < -0.4 is 16.8 Å². The van der Waals surface area contributed by atoms with Crippen LogP contribution in [-0.2, 0) is 0 Å². The highest BCUT2D eigenvalue weighted by molar-refractivity contribution is 4.82. The SMILES string of the molecule is NCCNC1CCC(N)C1. The Balaban J connectivity index is 2.06. The monoisotopic (exact) mass is 143 g/mol. The van der Waals surface area contributed by atoms with Crippen LogP contribution in [0.4, 0.5) is 0 Å². The maximum absolute atomic E-state index is 5.73. The van der Waals surface area contributed by atoms with Gasteiger partial charge in [0.05, 0.1) is 0 Å². The van der Waals surface area contributed by atoms with E-state index in [1.54, 1.807) is 0 Å². The molecule has 0 radical (unpaired) electrons. The van der Waals surface area contributed by atoms with Gasteiger partial charge >= 0.3 is 0 Å². The highest BCUT2D eigenvalue weighted by atomic mass is 14.9. The van der Waals surface area contributed by atoms with Crippen LogP contribution in [0.2, 0.25) is 0 Å². The van der Waals surface area contributed by atoms with Crippen molar-refractivity contribution in [3.05, 3.63) is 0 Å². The molecule has 0 saturated heterocycles. The first kappa shape index (κ1) is 7.98. The van der Waals surface area contributed by atoms with Gasteiger partial charge in [-0.25, -0.2) is 0 Å². The van der Waals surface area contributed by atoms with E-state index in [4.69, 9.17) is 11.5 Å². The summed E-state index contributed by atoms with van der Waals surface area (Å²) in [5.74, 6) is 0. The quantitative estimate of drug-likeness (QED) is 0.495. The first-order valence-corrected chi connectivity index (χ1v) is 4.02. The lowest BCUT2D eigenvalue weighted by Crippen LogP contribution is -2.32. The van der Waals surface area contributed by atoms with E-state index in [0.29, 0.717) is 12.1 Å².